The molecule has 0 spiro atoms. The molecule has 2 fully saturated rings. The van der Waals surface area contributed by atoms with E-state index in [0.717, 1.165) is 60.4 Å². The molecule has 33 heavy (non-hydrogen) atoms. The van der Waals surface area contributed by atoms with Crippen LogP contribution in [0.25, 0.3) is 10.9 Å². The van der Waals surface area contributed by atoms with E-state index < -0.39 is 0 Å². The highest BCUT2D eigenvalue weighted by molar-refractivity contribution is 6.31. The minimum Gasteiger partial charge on any atom is -0.376 e. The number of likely N-dealkylation sites (tertiary alicyclic amines) is 1. The number of nitrogens with zero attached hydrogens (tertiary/aromatic N) is 3. The van der Waals surface area contributed by atoms with Crippen LogP contribution in [0.4, 0.5) is 4.39 Å². The van der Waals surface area contributed by atoms with Gasteiger partial charge in [-0.15, -0.1) is 12.8 Å². The first kappa shape index (κ1) is 23.8. The Balaban J connectivity index is 0.00000126. The van der Waals surface area contributed by atoms with Gasteiger partial charge in [-0.3, -0.25) is 4.68 Å². The van der Waals surface area contributed by atoms with E-state index in [1.807, 2.05) is 30.5 Å². The number of halogens is 2. The molecule has 1 aliphatic heterocycles. The van der Waals surface area contributed by atoms with Crippen LogP contribution in [-0.2, 0) is 23.3 Å². The van der Waals surface area contributed by atoms with Crippen LogP contribution in [0.1, 0.15) is 36.8 Å². The van der Waals surface area contributed by atoms with Crippen molar-refractivity contribution in [2.45, 2.75) is 44.2 Å². The topological polar surface area (TPSA) is 30.3 Å². The predicted octanol–water partition coefficient (Wildman–Crippen LogP) is 5.67. The van der Waals surface area contributed by atoms with Gasteiger partial charge in [0.25, 0.3) is 0 Å². The Bertz CT molecular complexity index is 1100. The molecule has 2 aromatic carbocycles. The first-order valence-electron chi connectivity index (χ1n) is 11.5. The zero-order valence-electron chi connectivity index (χ0n) is 19.1. The van der Waals surface area contributed by atoms with Crippen LogP contribution in [0.5, 0.6) is 0 Å². The maximum atomic E-state index is 13.5. The van der Waals surface area contributed by atoms with Gasteiger partial charge in [0.2, 0.25) is 0 Å². The summed E-state index contributed by atoms with van der Waals surface area (Å²) in [5.41, 5.74) is 3.29. The smallest absolute Gasteiger partial charge is 0.123 e. The fourth-order valence-electron chi connectivity index (χ4n) is 4.80. The number of hydrogen-bond acceptors (Lipinski definition) is 3. The third-order valence-corrected chi connectivity index (χ3v) is 7.16. The van der Waals surface area contributed by atoms with E-state index in [2.05, 4.69) is 34.6 Å². The van der Waals surface area contributed by atoms with Gasteiger partial charge in [0.05, 0.1) is 24.9 Å². The van der Waals surface area contributed by atoms with Gasteiger partial charge in [-0.05, 0) is 81.6 Å². The Hall–Kier alpha value is -2.39. The van der Waals surface area contributed by atoms with Gasteiger partial charge < -0.3 is 9.64 Å². The van der Waals surface area contributed by atoms with Crippen LogP contribution in [0, 0.1) is 24.6 Å². The zero-order valence-corrected chi connectivity index (χ0v) is 19.9. The summed E-state index contributed by atoms with van der Waals surface area (Å²) in [7, 11) is 2.15. The van der Waals surface area contributed by atoms with E-state index >= 15 is 0 Å². The molecule has 0 unspecified atom stereocenters. The Labute approximate surface area is 200 Å². The number of fused-ring (bicyclic) bond motifs is 1. The van der Waals surface area contributed by atoms with Crippen LogP contribution < -0.4 is 0 Å². The van der Waals surface area contributed by atoms with Gasteiger partial charge in [0, 0.05) is 27.9 Å². The van der Waals surface area contributed by atoms with Gasteiger partial charge in [-0.1, -0.05) is 23.7 Å². The highest BCUT2D eigenvalue weighted by atomic mass is 35.5. The fourth-order valence-corrected chi connectivity index (χ4v) is 5.05. The van der Waals surface area contributed by atoms with Gasteiger partial charge in [0.1, 0.15) is 5.82 Å². The monoisotopic (exact) mass is 467 g/mol. The van der Waals surface area contributed by atoms with Crippen LogP contribution in [0.15, 0.2) is 42.6 Å². The van der Waals surface area contributed by atoms with E-state index in [0.29, 0.717) is 18.2 Å². The Morgan fingerprint density at radius 3 is 2.52 bits per heavy atom. The molecule has 0 N–H and O–H groups in total. The van der Waals surface area contributed by atoms with Gasteiger partial charge in [-0.2, -0.15) is 5.10 Å². The zero-order chi connectivity index (χ0) is 23.4. The third kappa shape index (κ3) is 5.41. The van der Waals surface area contributed by atoms with Crippen LogP contribution in [0.3, 0.4) is 0 Å². The second kappa shape index (κ2) is 10.3. The van der Waals surface area contributed by atoms with Crippen molar-refractivity contribution in [3.63, 3.8) is 0 Å². The maximum Gasteiger partial charge on any atom is 0.123 e. The second-order valence-corrected chi connectivity index (χ2v) is 9.79. The summed E-state index contributed by atoms with van der Waals surface area (Å²) >= 11 is 6.40. The molecule has 174 valence electrons. The summed E-state index contributed by atoms with van der Waals surface area (Å²) in [6.07, 6.45) is 14.5. The van der Waals surface area contributed by atoms with E-state index in [9.17, 15) is 4.39 Å². The lowest BCUT2D eigenvalue weighted by Gasteiger charge is -2.41. The number of hydrogen-bond donors (Lipinski definition) is 0. The molecule has 2 heterocycles. The average molecular weight is 468 g/mol. The van der Waals surface area contributed by atoms with Gasteiger partial charge in [-0.25, -0.2) is 4.39 Å². The molecule has 1 saturated carbocycles. The number of rotatable bonds is 7. The summed E-state index contributed by atoms with van der Waals surface area (Å²) in [6, 6.07) is 11.0. The van der Waals surface area contributed by atoms with Gasteiger partial charge >= 0.3 is 0 Å². The predicted molar refractivity (Wildman–Crippen MR) is 132 cm³/mol. The molecule has 5 rings (SSSR count). The summed E-state index contributed by atoms with van der Waals surface area (Å²) in [6.45, 7) is 4.08. The van der Waals surface area contributed by atoms with Gasteiger partial charge in [0.15, 0.2) is 0 Å². The number of benzene rings is 2. The lowest BCUT2D eigenvalue weighted by molar-refractivity contribution is 0.0410. The molecule has 0 radical (unpaired) electrons. The summed E-state index contributed by atoms with van der Waals surface area (Å²) in [4.78, 5) is 2.35. The summed E-state index contributed by atoms with van der Waals surface area (Å²) < 4.78 is 22.0. The maximum absolute atomic E-state index is 13.5. The number of terminal acetylenes is 1. The highest BCUT2D eigenvalue weighted by Gasteiger charge is 2.36. The number of aromatic nitrogens is 2. The quantitative estimate of drug-likeness (QED) is 0.419. The minimum absolute atomic E-state index is 0.0911. The first-order valence-corrected chi connectivity index (χ1v) is 11.9. The van der Waals surface area contributed by atoms with Crippen molar-refractivity contribution in [2.75, 3.05) is 26.7 Å². The third-order valence-electron chi connectivity index (χ3n) is 6.94. The Morgan fingerprint density at radius 1 is 1.15 bits per heavy atom. The van der Waals surface area contributed by atoms with Crippen molar-refractivity contribution in [1.82, 2.24) is 14.7 Å². The van der Waals surface area contributed by atoms with Crippen molar-refractivity contribution in [1.29, 1.82) is 0 Å². The van der Waals surface area contributed by atoms with Crippen LogP contribution >= 0.6 is 11.6 Å². The summed E-state index contributed by atoms with van der Waals surface area (Å²) in [5.74, 6) is 0.548. The molecule has 6 heteroatoms. The van der Waals surface area contributed by atoms with E-state index in [4.69, 9.17) is 16.3 Å². The van der Waals surface area contributed by atoms with Crippen molar-refractivity contribution >= 4 is 22.5 Å². The van der Waals surface area contributed by atoms with E-state index in [1.54, 1.807) is 12.1 Å². The molecular weight excluding hydrogens is 437 g/mol. The Morgan fingerprint density at radius 2 is 1.85 bits per heavy atom. The fraction of sp³-hybridized carbons (Fsp3) is 0.444. The van der Waals surface area contributed by atoms with E-state index in [1.165, 1.54) is 12.8 Å². The molecular formula is C27H31ClFN3O. The lowest BCUT2D eigenvalue weighted by Crippen LogP contribution is -2.43. The SMILES string of the molecule is C#C.CN1CCC(COCc2cc(Cl)cc3cnn(CC4CC4)c23)(c2ccc(F)cc2)CC1. The molecule has 0 amide bonds. The molecule has 3 aromatic rings. The van der Waals surface area contributed by atoms with E-state index in [-0.39, 0.29) is 11.2 Å². The standard InChI is InChI=1S/C25H29ClFN3O.C2H2/c1-29-10-8-25(9-11-29,21-4-6-23(27)7-5-21)17-31-16-20-13-22(26)12-19-14-28-30(24(19)20)15-18-2-3-18;1-2/h4-7,12-14,18H,2-3,8-11,15-17H2,1H3;1-2H. The molecule has 0 bridgehead atoms. The normalized spacial score (nSPS) is 18.1. The molecule has 2 aliphatic rings. The number of piperidine rings is 1. The second-order valence-electron chi connectivity index (χ2n) is 9.36. The van der Waals surface area contributed by atoms with Crippen molar-refractivity contribution in [3.8, 4) is 12.8 Å². The Kier molecular flexibility index (Phi) is 7.38. The molecule has 0 atom stereocenters. The van der Waals surface area contributed by atoms with Crippen LogP contribution in [-0.4, -0.2) is 41.4 Å². The lowest BCUT2D eigenvalue weighted by atomic mass is 9.73. The molecule has 1 aromatic heterocycles. The van der Waals surface area contributed by atoms with Crippen molar-refractivity contribution in [3.05, 3.63) is 64.6 Å². The average Bonchev–Trinajstić information content (AvgIpc) is 3.55. The molecule has 1 aliphatic carbocycles. The molecule has 4 nitrogen and oxygen atoms in total. The largest absolute Gasteiger partial charge is 0.376 e. The van der Waals surface area contributed by atoms with Crippen LogP contribution in [0.2, 0.25) is 5.02 Å². The summed E-state index contributed by atoms with van der Waals surface area (Å²) in [5, 5.41) is 6.40. The highest BCUT2D eigenvalue weighted by Crippen LogP contribution is 2.37. The van der Waals surface area contributed by atoms with Crippen molar-refractivity contribution in [2.24, 2.45) is 5.92 Å². The minimum atomic E-state index is -0.196. The van der Waals surface area contributed by atoms with Crippen molar-refractivity contribution < 1.29 is 9.13 Å². The first-order chi connectivity index (χ1) is 16.0. The number of ether oxygens (including phenoxy) is 1. The molecule has 1 saturated heterocycles.